The summed E-state index contributed by atoms with van der Waals surface area (Å²) in [5.41, 5.74) is 7.20. The van der Waals surface area contributed by atoms with E-state index in [0.717, 1.165) is 41.0 Å². The number of primary amides is 1. The molecule has 0 spiro atoms. The fourth-order valence-corrected chi connectivity index (χ4v) is 3.18. The zero-order chi connectivity index (χ0) is 23.3. The van der Waals surface area contributed by atoms with Crippen molar-refractivity contribution in [2.24, 2.45) is 5.73 Å². The average Bonchev–Trinajstić information content (AvgIpc) is 2.78. The molecule has 0 aliphatic carbocycles. The Balaban J connectivity index is 1.67. The Bertz CT molecular complexity index is 1070. The van der Waals surface area contributed by atoms with Crippen molar-refractivity contribution in [2.45, 2.75) is 24.7 Å². The van der Waals surface area contributed by atoms with E-state index >= 15 is 0 Å². The lowest BCUT2D eigenvalue weighted by molar-refractivity contribution is -0.137. The molecule has 3 rings (SSSR count). The molecular weight excluding hydrogens is 421 g/mol. The molecule has 3 aromatic rings. The number of halogens is 3. The maximum atomic E-state index is 12.7. The molecule has 0 heterocycles. The van der Waals surface area contributed by atoms with Gasteiger partial charge < -0.3 is 16.2 Å². The highest BCUT2D eigenvalue weighted by Crippen LogP contribution is 2.30. The van der Waals surface area contributed by atoms with Gasteiger partial charge in [0.1, 0.15) is 6.04 Å². The van der Waals surface area contributed by atoms with Crippen LogP contribution in [0.4, 0.5) is 13.2 Å². The molecule has 5 nitrogen and oxygen atoms in total. The average molecular weight is 442 g/mol. The number of carbonyl (C=O) groups excluding carboxylic acids is 2. The van der Waals surface area contributed by atoms with E-state index in [1.54, 1.807) is 12.1 Å². The first kappa shape index (κ1) is 23.0. The highest BCUT2D eigenvalue weighted by molar-refractivity contribution is 5.89. The number of rotatable bonds is 7. The number of aliphatic hydroxyl groups excluding tert-OH is 1. The Kier molecular flexibility index (Phi) is 6.95. The lowest BCUT2D eigenvalue weighted by atomic mass is 10.00. The van der Waals surface area contributed by atoms with Crippen LogP contribution in [0.2, 0.25) is 0 Å². The van der Waals surface area contributed by atoms with Crippen molar-refractivity contribution < 1.29 is 27.9 Å². The molecule has 0 aliphatic rings. The molecule has 0 fully saturated rings. The minimum atomic E-state index is -4.53. The van der Waals surface area contributed by atoms with Crippen molar-refractivity contribution in [2.75, 3.05) is 0 Å². The van der Waals surface area contributed by atoms with E-state index in [9.17, 15) is 27.9 Å². The minimum Gasteiger partial charge on any atom is -0.378 e. The highest BCUT2D eigenvalue weighted by atomic mass is 19.4. The number of nitrogens with one attached hydrogen (secondary N) is 1. The summed E-state index contributed by atoms with van der Waals surface area (Å²) in [5.74, 6) is -1.74. The Morgan fingerprint density at radius 1 is 0.875 bits per heavy atom. The van der Waals surface area contributed by atoms with Gasteiger partial charge in [0, 0.05) is 6.42 Å². The normalized spacial score (nSPS) is 13.2. The van der Waals surface area contributed by atoms with Crippen LogP contribution in [0.25, 0.3) is 11.1 Å². The van der Waals surface area contributed by atoms with Crippen LogP contribution < -0.4 is 11.1 Å². The largest absolute Gasteiger partial charge is 0.416 e. The second-order valence-corrected chi connectivity index (χ2v) is 7.25. The number of amides is 2. The zero-order valence-corrected chi connectivity index (χ0v) is 16.8. The van der Waals surface area contributed by atoms with Crippen LogP contribution in [-0.4, -0.2) is 23.0 Å². The Hall–Kier alpha value is -3.65. The van der Waals surface area contributed by atoms with Crippen LogP contribution in [0.3, 0.4) is 0 Å². The fraction of sp³-hybridized carbons (Fsp3) is 0.167. The quantitative estimate of drug-likeness (QED) is 0.522. The summed E-state index contributed by atoms with van der Waals surface area (Å²) in [6.45, 7) is 0. The molecular formula is C24H21F3N2O3. The van der Waals surface area contributed by atoms with Gasteiger partial charge in [-0.05, 0) is 34.4 Å². The topological polar surface area (TPSA) is 92.4 Å². The van der Waals surface area contributed by atoms with Crippen LogP contribution in [-0.2, 0) is 22.2 Å². The molecule has 0 unspecified atom stereocenters. The van der Waals surface area contributed by atoms with Crippen LogP contribution in [0.1, 0.15) is 22.8 Å². The smallest absolute Gasteiger partial charge is 0.378 e. The Morgan fingerprint density at radius 2 is 1.44 bits per heavy atom. The van der Waals surface area contributed by atoms with E-state index in [1.807, 2.05) is 42.5 Å². The summed E-state index contributed by atoms with van der Waals surface area (Å²) in [5, 5.41) is 12.6. The van der Waals surface area contributed by atoms with Gasteiger partial charge in [0.25, 0.3) is 5.91 Å². The summed E-state index contributed by atoms with van der Waals surface area (Å²) < 4.78 is 38.0. The minimum absolute atomic E-state index is 0.0362. The third kappa shape index (κ3) is 5.73. The van der Waals surface area contributed by atoms with E-state index in [4.69, 9.17) is 5.73 Å². The second kappa shape index (κ2) is 9.65. The van der Waals surface area contributed by atoms with E-state index in [1.165, 1.54) is 0 Å². The molecule has 8 heteroatoms. The van der Waals surface area contributed by atoms with E-state index in [2.05, 4.69) is 5.32 Å². The summed E-state index contributed by atoms with van der Waals surface area (Å²) >= 11 is 0. The number of hydrogen-bond donors (Lipinski definition) is 3. The van der Waals surface area contributed by atoms with Gasteiger partial charge in [-0.15, -0.1) is 0 Å². The van der Waals surface area contributed by atoms with Crippen molar-refractivity contribution in [3.8, 4) is 11.1 Å². The Labute approximate surface area is 182 Å². The van der Waals surface area contributed by atoms with E-state index < -0.39 is 35.7 Å². The third-order valence-electron chi connectivity index (χ3n) is 4.96. The maximum absolute atomic E-state index is 12.7. The van der Waals surface area contributed by atoms with Crippen LogP contribution in [0, 0.1) is 0 Å². The molecule has 0 aromatic heterocycles. The monoisotopic (exact) mass is 442 g/mol. The predicted molar refractivity (Wildman–Crippen MR) is 113 cm³/mol. The number of alkyl halides is 3. The van der Waals surface area contributed by atoms with Crippen LogP contribution >= 0.6 is 0 Å². The van der Waals surface area contributed by atoms with E-state index in [0.29, 0.717) is 0 Å². The number of nitrogens with two attached hydrogens (primary N) is 1. The first-order valence-corrected chi connectivity index (χ1v) is 9.74. The second-order valence-electron chi connectivity index (χ2n) is 7.25. The maximum Gasteiger partial charge on any atom is 0.416 e. The molecule has 0 bridgehead atoms. The van der Waals surface area contributed by atoms with Crippen molar-refractivity contribution in [1.29, 1.82) is 0 Å². The number of aliphatic hydroxyl groups is 1. The lowest BCUT2D eigenvalue weighted by Crippen LogP contribution is -2.47. The molecule has 4 N–H and O–H groups in total. The first-order valence-electron chi connectivity index (χ1n) is 9.74. The van der Waals surface area contributed by atoms with Gasteiger partial charge in [-0.2, -0.15) is 13.2 Å². The van der Waals surface area contributed by atoms with Crippen molar-refractivity contribution >= 4 is 11.8 Å². The van der Waals surface area contributed by atoms with Crippen molar-refractivity contribution in [3.63, 3.8) is 0 Å². The number of hydrogen-bond acceptors (Lipinski definition) is 3. The summed E-state index contributed by atoms with van der Waals surface area (Å²) in [7, 11) is 0. The standard InChI is InChI=1S/C24H21F3N2O3/c25-24(26,27)19-12-10-18(11-13-19)21(30)23(32)29-20(22(28)31)14-15-6-8-17(9-7-15)16-4-2-1-3-5-16/h1-13,20-21,30H,14H2,(H2,28,31)(H,29,32)/t20-,21-/m1/s1. The van der Waals surface area contributed by atoms with Gasteiger partial charge >= 0.3 is 6.18 Å². The number of benzene rings is 3. The van der Waals surface area contributed by atoms with Gasteiger partial charge in [-0.3, -0.25) is 9.59 Å². The van der Waals surface area contributed by atoms with Gasteiger partial charge in [0.2, 0.25) is 5.91 Å². The van der Waals surface area contributed by atoms with Gasteiger partial charge in [0.15, 0.2) is 6.10 Å². The molecule has 0 saturated heterocycles. The zero-order valence-electron chi connectivity index (χ0n) is 16.8. The molecule has 166 valence electrons. The molecule has 32 heavy (non-hydrogen) atoms. The lowest BCUT2D eigenvalue weighted by Gasteiger charge is -2.19. The number of carbonyl (C=O) groups is 2. The first-order chi connectivity index (χ1) is 15.1. The Morgan fingerprint density at radius 3 is 1.97 bits per heavy atom. The summed E-state index contributed by atoms with van der Waals surface area (Å²) in [6, 6.07) is 19.5. The van der Waals surface area contributed by atoms with Crippen LogP contribution in [0.15, 0.2) is 78.9 Å². The van der Waals surface area contributed by atoms with Gasteiger partial charge in [-0.1, -0.05) is 66.7 Å². The SMILES string of the molecule is NC(=O)[C@@H](Cc1ccc(-c2ccccc2)cc1)NC(=O)[C@H](O)c1ccc(C(F)(F)F)cc1. The third-order valence-corrected chi connectivity index (χ3v) is 4.96. The highest BCUT2D eigenvalue weighted by Gasteiger charge is 2.31. The molecule has 0 radical (unpaired) electrons. The van der Waals surface area contributed by atoms with Crippen molar-refractivity contribution in [3.05, 3.63) is 95.6 Å². The molecule has 2 atom stereocenters. The fourth-order valence-electron chi connectivity index (χ4n) is 3.18. The summed E-state index contributed by atoms with van der Waals surface area (Å²) in [6.07, 6.45) is -6.19. The van der Waals surface area contributed by atoms with Gasteiger partial charge in [-0.25, -0.2) is 0 Å². The van der Waals surface area contributed by atoms with Gasteiger partial charge in [0.05, 0.1) is 5.56 Å². The predicted octanol–water partition coefficient (Wildman–Crippen LogP) is 3.62. The molecule has 2 amide bonds. The molecule has 0 aliphatic heterocycles. The van der Waals surface area contributed by atoms with Crippen LogP contribution in [0.5, 0.6) is 0 Å². The van der Waals surface area contributed by atoms with Crippen molar-refractivity contribution in [1.82, 2.24) is 5.32 Å². The molecule has 0 saturated carbocycles. The summed E-state index contributed by atoms with van der Waals surface area (Å²) in [4.78, 5) is 24.2. The van der Waals surface area contributed by atoms with E-state index in [-0.39, 0.29) is 12.0 Å². The molecule has 3 aromatic carbocycles.